The zero-order valence-corrected chi connectivity index (χ0v) is 13.2. The van der Waals surface area contributed by atoms with E-state index >= 15 is 0 Å². The number of esters is 2. The highest BCUT2D eigenvalue weighted by Gasteiger charge is 2.20. The molecule has 0 heterocycles. The number of carbonyl (C=O) groups excluding carboxylic acids is 2. The lowest BCUT2D eigenvalue weighted by molar-refractivity contribution is -0.142. The van der Waals surface area contributed by atoms with Crippen molar-refractivity contribution >= 4 is 11.9 Å². The molecule has 0 aromatic heterocycles. The predicted octanol–water partition coefficient (Wildman–Crippen LogP) is 1.83. The molecule has 2 rings (SSSR count). The average molecular weight is 348 g/mol. The van der Waals surface area contributed by atoms with Crippen LogP contribution in [0.2, 0.25) is 0 Å². The molecule has 0 atom stereocenters. The van der Waals surface area contributed by atoms with E-state index < -0.39 is 29.2 Å². The maximum Gasteiger partial charge on any atom is 0.343 e. The van der Waals surface area contributed by atoms with Gasteiger partial charge in [0.25, 0.3) is 0 Å². The van der Waals surface area contributed by atoms with Gasteiger partial charge < -0.3 is 29.9 Å². The van der Waals surface area contributed by atoms with E-state index in [9.17, 15) is 30.0 Å². The summed E-state index contributed by atoms with van der Waals surface area (Å²) in [5, 5.41) is 38.2. The van der Waals surface area contributed by atoms with E-state index in [1.165, 1.54) is 6.07 Å². The number of hydrogen-bond acceptors (Lipinski definition) is 8. The Bertz CT molecular complexity index is 813. The first-order valence-electron chi connectivity index (χ1n) is 7.26. The van der Waals surface area contributed by atoms with E-state index in [2.05, 4.69) is 0 Å². The molecule has 0 spiro atoms. The third-order valence-electron chi connectivity index (χ3n) is 3.21. The van der Waals surface area contributed by atoms with Gasteiger partial charge in [-0.05, 0) is 25.1 Å². The Balaban J connectivity index is 2.32. The van der Waals surface area contributed by atoms with Crippen LogP contribution < -0.4 is 4.74 Å². The quantitative estimate of drug-likeness (QED) is 0.365. The lowest BCUT2D eigenvalue weighted by Gasteiger charge is -2.12. The normalized spacial score (nSPS) is 10.3. The highest BCUT2D eigenvalue weighted by molar-refractivity contribution is 5.92. The zero-order valence-electron chi connectivity index (χ0n) is 13.2. The van der Waals surface area contributed by atoms with Crippen molar-refractivity contribution in [2.45, 2.75) is 13.3 Å². The summed E-state index contributed by atoms with van der Waals surface area (Å²) in [6.45, 7) is 1.76. The standard InChI is InChI=1S/C17H16O8/c1-2-24-16(22)8-11-13(20)6-10(18)7-15(11)25-17(23)9-3-4-12(19)14(21)5-9/h3-7,18-21H,2,8H2,1H3. The van der Waals surface area contributed by atoms with Crippen molar-refractivity contribution in [3.8, 4) is 28.7 Å². The lowest BCUT2D eigenvalue weighted by Crippen LogP contribution is -2.13. The van der Waals surface area contributed by atoms with Crippen LogP contribution >= 0.6 is 0 Å². The van der Waals surface area contributed by atoms with Gasteiger partial charge in [0.05, 0.1) is 18.6 Å². The smallest absolute Gasteiger partial charge is 0.343 e. The van der Waals surface area contributed by atoms with Gasteiger partial charge in [-0.3, -0.25) is 4.79 Å². The molecule has 0 aliphatic carbocycles. The second-order valence-electron chi connectivity index (χ2n) is 5.02. The van der Waals surface area contributed by atoms with Gasteiger partial charge in [0.15, 0.2) is 11.5 Å². The summed E-state index contributed by atoms with van der Waals surface area (Å²) >= 11 is 0. The molecule has 0 amide bonds. The third kappa shape index (κ3) is 4.31. The monoisotopic (exact) mass is 348 g/mol. The van der Waals surface area contributed by atoms with Crippen molar-refractivity contribution < 1.29 is 39.5 Å². The Morgan fingerprint density at radius 1 is 0.960 bits per heavy atom. The van der Waals surface area contributed by atoms with Crippen molar-refractivity contribution in [2.24, 2.45) is 0 Å². The first-order chi connectivity index (χ1) is 11.8. The predicted molar refractivity (Wildman–Crippen MR) is 84.8 cm³/mol. The number of hydrogen-bond donors (Lipinski definition) is 4. The molecule has 8 nitrogen and oxygen atoms in total. The lowest BCUT2D eigenvalue weighted by atomic mass is 10.1. The summed E-state index contributed by atoms with van der Waals surface area (Å²) in [5.74, 6) is -3.54. The molecule has 0 unspecified atom stereocenters. The summed E-state index contributed by atoms with van der Waals surface area (Å²) in [5.41, 5.74) is -0.118. The molecular weight excluding hydrogens is 332 g/mol. The minimum Gasteiger partial charge on any atom is -0.508 e. The molecule has 0 bridgehead atoms. The van der Waals surface area contributed by atoms with Gasteiger partial charge in [-0.25, -0.2) is 4.79 Å². The van der Waals surface area contributed by atoms with Gasteiger partial charge in [0.2, 0.25) is 0 Å². The molecule has 0 radical (unpaired) electrons. The number of aromatic hydroxyl groups is 4. The SMILES string of the molecule is CCOC(=O)Cc1c(O)cc(O)cc1OC(=O)c1ccc(O)c(O)c1. The second kappa shape index (κ2) is 7.43. The Morgan fingerprint density at radius 3 is 2.32 bits per heavy atom. The molecule has 2 aromatic carbocycles. The second-order valence-corrected chi connectivity index (χ2v) is 5.02. The minimum atomic E-state index is -0.926. The van der Waals surface area contributed by atoms with Crippen LogP contribution in [-0.2, 0) is 16.0 Å². The van der Waals surface area contributed by atoms with Crippen molar-refractivity contribution in [1.82, 2.24) is 0 Å². The number of benzene rings is 2. The molecule has 8 heteroatoms. The van der Waals surface area contributed by atoms with Crippen LogP contribution in [0.15, 0.2) is 30.3 Å². The van der Waals surface area contributed by atoms with E-state index in [4.69, 9.17) is 9.47 Å². The Labute approximate surface area is 142 Å². The van der Waals surface area contributed by atoms with E-state index in [-0.39, 0.29) is 35.7 Å². The van der Waals surface area contributed by atoms with Gasteiger partial charge in [0.1, 0.15) is 17.2 Å². The van der Waals surface area contributed by atoms with E-state index in [1.807, 2.05) is 0 Å². The average Bonchev–Trinajstić information content (AvgIpc) is 2.53. The maximum atomic E-state index is 12.2. The molecule has 2 aromatic rings. The highest BCUT2D eigenvalue weighted by Crippen LogP contribution is 2.34. The Morgan fingerprint density at radius 2 is 1.68 bits per heavy atom. The third-order valence-corrected chi connectivity index (χ3v) is 3.21. The number of phenols is 4. The molecule has 0 aliphatic rings. The van der Waals surface area contributed by atoms with Crippen LogP contribution in [0.3, 0.4) is 0 Å². The number of carbonyl (C=O) groups is 2. The summed E-state index contributed by atoms with van der Waals surface area (Å²) in [6, 6.07) is 5.37. The number of ether oxygens (including phenoxy) is 2. The van der Waals surface area contributed by atoms with E-state index in [0.717, 1.165) is 24.3 Å². The van der Waals surface area contributed by atoms with Crippen molar-refractivity contribution in [3.63, 3.8) is 0 Å². The Kier molecular flexibility index (Phi) is 5.33. The molecule has 0 fully saturated rings. The largest absolute Gasteiger partial charge is 0.508 e. The maximum absolute atomic E-state index is 12.2. The van der Waals surface area contributed by atoms with Gasteiger partial charge in [-0.15, -0.1) is 0 Å². The molecule has 0 saturated carbocycles. The van der Waals surface area contributed by atoms with E-state index in [0.29, 0.717) is 0 Å². The van der Waals surface area contributed by atoms with Gasteiger partial charge in [-0.2, -0.15) is 0 Å². The van der Waals surface area contributed by atoms with Crippen LogP contribution in [0.4, 0.5) is 0 Å². The fourth-order valence-corrected chi connectivity index (χ4v) is 2.05. The van der Waals surface area contributed by atoms with Gasteiger partial charge >= 0.3 is 11.9 Å². The Hall–Kier alpha value is -3.42. The summed E-state index contributed by atoms with van der Waals surface area (Å²) in [4.78, 5) is 23.8. The van der Waals surface area contributed by atoms with Crippen LogP contribution in [0.1, 0.15) is 22.8 Å². The summed E-state index contributed by atoms with van der Waals surface area (Å²) < 4.78 is 9.90. The molecule has 4 N–H and O–H groups in total. The van der Waals surface area contributed by atoms with Crippen LogP contribution in [0.5, 0.6) is 28.7 Å². The number of rotatable bonds is 5. The fourth-order valence-electron chi connectivity index (χ4n) is 2.05. The molecule has 0 saturated heterocycles. The van der Waals surface area contributed by atoms with Crippen LogP contribution in [0.25, 0.3) is 0 Å². The highest BCUT2D eigenvalue weighted by atomic mass is 16.5. The molecular formula is C17H16O8. The fraction of sp³-hybridized carbons (Fsp3) is 0.176. The van der Waals surface area contributed by atoms with Crippen molar-refractivity contribution in [3.05, 3.63) is 41.5 Å². The van der Waals surface area contributed by atoms with E-state index in [1.54, 1.807) is 6.92 Å². The van der Waals surface area contributed by atoms with Crippen LogP contribution in [-0.4, -0.2) is 39.0 Å². The van der Waals surface area contributed by atoms with Gasteiger partial charge in [0, 0.05) is 17.7 Å². The summed E-state index contributed by atoms with van der Waals surface area (Å²) in [7, 11) is 0. The number of phenolic OH excluding ortho intramolecular Hbond substituents is 4. The molecule has 132 valence electrons. The van der Waals surface area contributed by atoms with Gasteiger partial charge in [-0.1, -0.05) is 0 Å². The van der Waals surface area contributed by atoms with Crippen molar-refractivity contribution in [1.29, 1.82) is 0 Å². The summed E-state index contributed by atoms with van der Waals surface area (Å²) in [6.07, 6.45) is -0.372. The van der Waals surface area contributed by atoms with Crippen molar-refractivity contribution in [2.75, 3.05) is 6.61 Å². The first kappa shape index (κ1) is 17.9. The minimum absolute atomic E-state index is 0.0346. The molecule has 0 aliphatic heterocycles. The first-order valence-corrected chi connectivity index (χ1v) is 7.26. The topological polar surface area (TPSA) is 134 Å². The van der Waals surface area contributed by atoms with Crippen LogP contribution in [0, 0.1) is 0 Å². The zero-order chi connectivity index (χ0) is 18.6. The molecule has 25 heavy (non-hydrogen) atoms.